The Balaban J connectivity index is 2.16. The minimum absolute atomic E-state index is 0.132. The maximum atomic E-state index is 9.01. The van der Waals surface area contributed by atoms with Crippen LogP contribution in [0.25, 0.3) is 0 Å². The molecule has 0 atom stereocenters. The molecule has 0 unspecified atom stereocenters. The summed E-state index contributed by atoms with van der Waals surface area (Å²) in [4.78, 5) is 4.08. The number of aromatic nitrogens is 1. The zero-order valence-electron chi connectivity index (χ0n) is 9.66. The first-order valence-corrected chi connectivity index (χ1v) is 5.86. The number of pyridine rings is 1. The molecular formula is C13H17N3. The highest BCUT2D eigenvalue weighted by Gasteiger charge is 2.26. The van der Waals surface area contributed by atoms with E-state index in [1.165, 1.54) is 32.1 Å². The summed E-state index contributed by atoms with van der Waals surface area (Å²) in [5.74, 6) is 0. The number of anilines is 1. The lowest BCUT2D eigenvalue weighted by molar-refractivity contribution is 0.349. The zero-order chi connectivity index (χ0) is 11.4. The Labute approximate surface area is 96.5 Å². The summed E-state index contributed by atoms with van der Waals surface area (Å²) in [5, 5.41) is 12.5. The molecule has 84 valence electrons. The van der Waals surface area contributed by atoms with Crippen LogP contribution in [-0.4, -0.2) is 10.5 Å². The highest BCUT2D eigenvalue weighted by molar-refractivity contribution is 5.56. The van der Waals surface area contributed by atoms with Crippen LogP contribution in [0.4, 0.5) is 5.69 Å². The molecule has 0 radical (unpaired) electrons. The third kappa shape index (κ3) is 2.33. The van der Waals surface area contributed by atoms with Crippen LogP contribution in [0.5, 0.6) is 0 Å². The van der Waals surface area contributed by atoms with Crippen LogP contribution in [-0.2, 0) is 0 Å². The fourth-order valence-electron chi connectivity index (χ4n) is 2.37. The van der Waals surface area contributed by atoms with Crippen LogP contribution in [0, 0.1) is 11.3 Å². The molecule has 3 heteroatoms. The summed E-state index contributed by atoms with van der Waals surface area (Å²) >= 11 is 0. The SMILES string of the molecule is CC1(Nc2cnccc2C#N)CCCCC1. The van der Waals surface area contributed by atoms with Gasteiger partial charge in [-0.2, -0.15) is 5.26 Å². The third-order valence-corrected chi connectivity index (χ3v) is 3.34. The van der Waals surface area contributed by atoms with Crippen LogP contribution in [0.2, 0.25) is 0 Å². The Morgan fingerprint density at radius 3 is 2.81 bits per heavy atom. The van der Waals surface area contributed by atoms with E-state index in [9.17, 15) is 0 Å². The summed E-state index contributed by atoms with van der Waals surface area (Å²) in [6.45, 7) is 2.24. The maximum Gasteiger partial charge on any atom is 0.101 e. The minimum atomic E-state index is 0.132. The second-order valence-corrected chi connectivity index (χ2v) is 4.78. The van der Waals surface area contributed by atoms with Gasteiger partial charge in [-0.15, -0.1) is 0 Å². The molecule has 1 heterocycles. The Hall–Kier alpha value is -1.56. The van der Waals surface area contributed by atoms with Gasteiger partial charge in [-0.1, -0.05) is 19.3 Å². The number of nitrogens with zero attached hydrogens (tertiary/aromatic N) is 2. The van der Waals surface area contributed by atoms with Gasteiger partial charge in [0, 0.05) is 11.7 Å². The van der Waals surface area contributed by atoms with Gasteiger partial charge >= 0.3 is 0 Å². The fraction of sp³-hybridized carbons (Fsp3) is 0.538. The molecule has 0 aromatic carbocycles. The standard InChI is InChI=1S/C13H17N3/c1-13(6-3-2-4-7-13)16-12-10-15-8-5-11(12)9-14/h5,8,10,16H,2-4,6-7H2,1H3. The molecule has 0 aliphatic heterocycles. The van der Waals surface area contributed by atoms with Crippen LogP contribution in [0.1, 0.15) is 44.6 Å². The van der Waals surface area contributed by atoms with Crippen LogP contribution < -0.4 is 5.32 Å². The summed E-state index contributed by atoms with van der Waals surface area (Å²) in [5.41, 5.74) is 1.68. The van der Waals surface area contributed by atoms with E-state index in [0.717, 1.165) is 5.69 Å². The molecule has 0 spiro atoms. The van der Waals surface area contributed by atoms with Gasteiger partial charge in [-0.3, -0.25) is 4.98 Å². The van der Waals surface area contributed by atoms with E-state index in [4.69, 9.17) is 5.26 Å². The molecule has 1 N–H and O–H groups in total. The number of hydrogen-bond acceptors (Lipinski definition) is 3. The molecule has 1 fully saturated rings. The van der Waals surface area contributed by atoms with Crippen molar-refractivity contribution in [1.82, 2.24) is 4.98 Å². The average molecular weight is 215 g/mol. The zero-order valence-corrected chi connectivity index (χ0v) is 9.66. The van der Waals surface area contributed by atoms with Crippen molar-refractivity contribution >= 4 is 5.69 Å². The second kappa shape index (κ2) is 4.52. The Kier molecular flexibility index (Phi) is 3.09. The van der Waals surface area contributed by atoms with Crippen molar-refractivity contribution in [3.8, 4) is 6.07 Å². The van der Waals surface area contributed by atoms with Crippen LogP contribution in [0.15, 0.2) is 18.5 Å². The van der Waals surface area contributed by atoms with Gasteiger partial charge < -0.3 is 5.32 Å². The molecule has 3 nitrogen and oxygen atoms in total. The summed E-state index contributed by atoms with van der Waals surface area (Å²) in [7, 11) is 0. The van der Waals surface area contributed by atoms with E-state index in [0.29, 0.717) is 5.56 Å². The predicted molar refractivity (Wildman–Crippen MR) is 64.1 cm³/mol. The first-order valence-electron chi connectivity index (χ1n) is 5.86. The van der Waals surface area contributed by atoms with Crippen molar-refractivity contribution in [1.29, 1.82) is 5.26 Å². The van der Waals surface area contributed by atoms with Crippen LogP contribution >= 0.6 is 0 Å². The van der Waals surface area contributed by atoms with Crippen molar-refractivity contribution in [2.45, 2.75) is 44.6 Å². The number of hydrogen-bond donors (Lipinski definition) is 1. The van der Waals surface area contributed by atoms with Crippen molar-refractivity contribution in [3.05, 3.63) is 24.0 Å². The van der Waals surface area contributed by atoms with E-state index in [1.807, 2.05) is 0 Å². The molecule has 1 aromatic rings. The molecular weight excluding hydrogens is 198 g/mol. The van der Waals surface area contributed by atoms with Gasteiger partial charge in [0.1, 0.15) is 6.07 Å². The normalized spacial score (nSPS) is 18.8. The predicted octanol–water partition coefficient (Wildman–Crippen LogP) is 3.09. The first kappa shape index (κ1) is 10.9. The molecule has 2 rings (SSSR count). The van der Waals surface area contributed by atoms with Gasteiger partial charge in [0.15, 0.2) is 0 Å². The summed E-state index contributed by atoms with van der Waals surface area (Å²) in [6, 6.07) is 3.96. The van der Waals surface area contributed by atoms with Crippen molar-refractivity contribution < 1.29 is 0 Å². The smallest absolute Gasteiger partial charge is 0.101 e. The van der Waals surface area contributed by atoms with Gasteiger partial charge in [0.25, 0.3) is 0 Å². The second-order valence-electron chi connectivity index (χ2n) is 4.78. The Bertz CT molecular complexity index is 400. The molecule has 1 saturated carbocycles. The largest absolute Gasteiger partial charge is 0.378 e. The van der Waals surface area contributed by atoms with Gasteiger partial charge in [0.2, 0.25) is 0 Å². The molecule has 0 saturated heterocycles. The monoisotopic (exact) mass is 215 g/mol. The minimum Gasteiger partial charge on any atom is -0.378 e. The molecule has 0 amide bonds. The van der Waals surface area contributed by atoms with E-state index in [2.05, 4.69) is 23.3 Å². The lowest BCUT2D eigenvalue weighted by atomic mass is 9.83. The highest BCUT2D eigenvalue weighted by Crippen LogP contribution is 2.31. The number of nitrogens with one attached hydrogen (secondary N) is 1. The van der Waals surface area contributed by atoms with E-state index >= 15 is 0 Å². The molecule has 1 aliphatic carbocycles. The molecule has 1 aliphatic rings. The topological polar surface area (TPSA) is 48.7 Å². The molecule has 16 heavy (non-hydrogen) atoms. The number of nitriles is 1. The van der Waals surface area contributed by atoms with Crippen molar-refractivity contribution in [2.75, 3.05) is 5.32 Å². The van der Waals surface area contributed by atoms with E-state index in [-0.39, 0.29) is 5.54 Å². The molecule has 0 bridgehead atoms. The summed E-state index contributed by atoms with van der Waals surface area (Å²) in [6.07, 6.45) is 9.62. The Morgan fingerprint density at radius 1 is 1.38 bits per heavy atom. The lowest BCUT2D eigenvalue weighted by Gasteiger charge is -2.35. The lowest BCUT2D eigenvalue weighted by Crippen LogP contribution is -2.37. The average Bonchev–Trinajstić information content (AvgIpc) is 2.30. The van der Waals surface area contributed by atoms with Crippen molar-refractivity contribution in [3.63, 3.8) is 0 Å². The fourth-order valence-corrected chi connectivity index (χ4v) is 2.37. The van der Waals surface area contributed by atoms with Gasteiger partial charge in [-0.05, 0) is 25.8 Å². The van der Waals surface area contributed by atoms with Gasteiger partial charge in [0.05, 0.1) is 17.4 Å². The van der Waals surface area contributed by atoms with E-state index in [1.54, 1.807) is 18.5 Å². The Morgan fingerprint density at radius 2 is 2.12 bits per heavy atom. The first-order chi connectivity index (χ1) is 7.73. The highest BCUT2D eigenvalue weighted by atomic mass is 15.0. The quantitative estimate of drug-likeness (QED) is 0.824. The molecule has 1 aromatic heterocycles. The van der Waals surface area contributed by atoms with Crippen LogP contribution in [0.3, 0.4) is 0 Å². The number of rotatable bonds is 2. The van der Waals surface area contributed by atoms with E-state index < -0.39 is 0 Å². The van der Waals surface area contributed by atoms with Crippen molar-refractivity contribution in [2.24, 2.45) is 0 Å². The van der Waals surface area contributed by atoms with Gasteiger partial charge in [-0.25, -0.2) is 0 Å². The summed E-state index contributed by atoms with van der Waals surface area (Å²) < 4.78 is 0. The third-order valence-electron chi connectivity index (χ3n) is 3.34. The maximum absolute atomic E-state index is 9.01.